The maximum atomic E-state index is 13.8. The van der Waals surface area contributed by atoms with Crippen LogP contribution in [-0.2, 0) is 10.0 Å². The predicted molar refractivity (Wildman–Crippen MR) is 72.4 cm³/mol. The van der Waals surface area contributed by atoms with E-state index in [1.807, 2.05) is 0 Å². The average molecular weight is 330 g/mol. The minimum absolute atomic E-state index is 0.0233. The van der Waals surface area contributed by atoms with Crippen LogP contribution in [-0.4, -0.2) is 26.7 Å². The SMILES string of the molecule is Cc1noc(C)c1S(=O)(=O)N1CCOc2c1ccc(F)c2F. The van der Waals surface area contributed by atoms with Crippen molar-refractivity contribution in [3.8, 4) is 5.75 Å². The largest absolute Gasteiger partial charge is 0.486 e. The number of benzene rings is 1. The zero-order valence-electron chi connectivity index (χ0n) is 11.8. The highest BCUT2D eigenvalue weighted by Gasteiger charge is 2.36. The first-order chi connectivity index (χ1) is 10.3. The Labute approximate surface area is 125 Å². The van der Waals surface area contributed by atoms with Crippen LogP contribution in [0, 0.1) is 25.5 Å². The quantitative estimate of drug-likeness (QED) is 0.844. The van der Waals surface area contributed by atoms with Gasteiger partial charge in [0.25, 0.3) is 10.0 Å². The van der Waals surface area contributed by atoms with Crippen LogP contribution in [0.4, 0.5) is 14.5 Å². The molecule has 1 aromatic carbocycles. The Kier molecular flexibility index (Phi) is 3.32. The minimum atomic E-state index is -4.02. The van der Waals surface area contributed by atoms with Crippen LogP contribution in [0.2, 0.25) is 0 Å². The van der Waals surface area contributed by atoms with Gasteiger partial charge in [-0.25, -0.2) is 12.8 Å². The molecule has 0 saturated carbocycles. The highest BCUT2D eigenvalue weighted by atomic mass is 32.2. The molecule has 0 bridgehead atoms. The van der Waals surface area contributed by atoms with Gasteiger partial charge < -0.3 is 9.26 Å². The third kappa shape index (κ3) is 2.04. The molecule has 0 unspecified atom stereocenters. The Bertz CT molecular complexity index is 828. The number of rotatable bonds is 2. The summed E-state index contributed by atoms with van der Waals surface area (Å²) >= 11 is 0. The highest BCUT2D eigenvalue weighted by Crippen LogP contribution is 2.39. The topological polar surface area (TPSA) is 72.6 Å². The van der Waals surface area contributed by atoms with Crippen molar-refractivity contribution in [2.24, 2.45) is 0 Å². The van der Waals surface area contributed by atoms with Crippen LogP contribution in [0.3, 0.4) is 0 Å². The van der Waals surface area contributed by atoms with E-state index in [0.29, 0.717) is 0 Å². The summed E-state index contributed by atoms with van der Waals surface area (Å²) in [4.78, 5) is -0.0786. The number of aryl methyl sites for hydroxylation is 2. The van der Waals surface area contributed by atoms with Gasteiger partial charge >= 0.3 is 0 Å². The van der Waals surface area contributed by atoms with Gasteiger partial charge in [0, 0.05) is 0 Å². The van der Waals surface area contributed by atoms with Crippen molar-refractivity contribution in [3.63, 3.8) is 0 Å². The van der Waals surface area contributed by atoms with Crippen LogP contribution < -0.4 is 9.04 Å². The third-order valence-electron chi connectivity index (χ3n) is 3.35. The third-order valence-corrected chi connectivity index (χ3v) is 5.41. The standard InChI is InChI=1S/C13H12F2N2O4S/c1-7-13(8(2)21-16-7)22(18,19)17-5-6-20-12-10(17)4-3-9(14)11(12)15/h3-4H,5-6H2,1-2H3. The second-order valence-electron chi connectivity index (χ2n) is 4.79. The fraction of sp³-hybridized carbons (Fsp3) is 0.308. The Morgan fingerprint density at radius 2 is 2.00 bits per heavy atom. The van der Waals surface area contributed by atoms with E-state index < -0.39 is 27.4 Å². The summed E-state index contributed by atoms with van der Waals surface area (Å²) in [5.74, 6) is -2.60. The lowest BCUT2D eigenvalue weighted by molar-refractivity contribution is 0.293. The molecule has 2 aromatic rings. The van der Waals surface area contributed by atoms with Crippen LogP contribution in [0.15, 0.2) is 21.6 Å². The summed E-state index contributed by atoms with van der Waals surface area (Å²) < 4.78 is 63.6. The predicted octanol–water partition coefficient (Wildman–Crippen LogP) is 2.16. The number of halogens is 2. The number of hydrogen-bond donors (Lipinski definition) is 0. The smallest absolute Gasteiger partial charge is 0.269 e. The van der Waals surface area contributed by atoms with E-state index in [1.165, 1.54) is 19.9 Å². The lowest BCUT2D eigenvalue weighted by Gasteiger charge is -2.30. The first-order valence-electron chi connectivity index (χ1n) is 6.40. The van der Waals surface area contributed by atoms with Crippen molar-refractivity contribution in [1.82, 2.24) is 5.16 Å². The molecule has 9 heteroatoms. The van der Waals surface area contributed by atoms with Crippen LogP contribution >= 0.6 is 0 Å². The van der Waals surface area contributed by atoms with E-state index in [2.05, 4.69) is 5.16 Å². The minimum Gasteiger partial charge on any atom is -0.486 e. The zero-order valence-corrected chi connectivity index (χ0v) is 12.6. The molecule has 1 aromatic heterocycles. The molecule has 1 aliphatic heterocycles. The van der Waals surface area contributed by atoms with Gasteiger partial charge in [0.05, 0.1) is 12.2 Å². The summed E-state index contributed by atoms with van der Waals surface area (Å²) in [6.07, 6.45) is 0. The second-order valence-corrected chi connectivity index (χ2v) is 6.59. The normalized spacial score (nSPS) is 14.6. The van der Waals surface area contributed by atoms with Gasteiger partial charge in [0.1, 0.15) is 12.3 Å². The lowest BCUT2D eigenvalue weighted by Crippen LogP contribution is -2.38. The van der Waals surface area contributed by atoms with Crippen molar-refractivity contribution in [1.29, 1.82) is 0 Å². The molecule has 0 amide bonds. The van der Waals surface area contributed by atoms with E-state index in [0.717, 1.165) is 10.4 Å². The van der Waals surface area contributed by atoms with E-state index in [-0.39, 0.29) is 35.2 Å². The molecule has 0 radical (unpaired) electrons. The Morgan fingerprint density at radius 1 is 1.27 bits per heavy atom. The van der Waals surface area contributed by atoms with Crippen molar-refractivity contribution >= 4 is 15.7 Å². The number of anilines is 1. The molecule has 118 valence electrons. The van der Waals surface area contributed by atoms with E-state index in [4.69, 9.17) is 9.26 Å². The van der Waals surface area contributed by atoms with Crippen molar-refractivity contribution < 1.29 is 26.5 Å². The summed E-state index contributed by atoms with van der Waals surface area (Å²) in [5.41, 5.74) is 0.151. The molecule has 0 atom stereocenters. The van der Waals surface area contributed by atoms with Gasteiger partial charge in [0.15, 0.2) is 22.2 Å². The van der Waals surface area contributed by atoms with Crippen molar-refractivity contribution in [3.05, 3.63) is 35.2 Å². The Hall–Kier alpha value is -2.16. The fourth-order valence-electron chi connectivity index (χ4n) is 2.41. The van der Waals surface area contributed by atoms with Crippen molar-refractivity contribution in [2.75, 3.05) is 17.5 Å². The maximum absolute atomic E-state index is 13.8. The lowest BCUT2D eigenvalue weighted by atomic mass is 10.2. The van der Waals surface area contributed by atoms with E-state index >= 15 is 0 Å². The van der Waals surface area contributed by atoms with Gasteiger partial charge in [-0.2, -0.15) is 4.39 Å². The number of hydrogen-bond acceptors (Lipinski definition) is 5. The molecule has 22 heavy (non-hydrogen) atoms. The molecule has 1 aliphatic rings. The molecule has 6 nitrogen and oxygen atoms in total. The van der Waals surface area contributed by atoms with E-state index in [9.17, 15) is 17.2 Å². The maximum Gasteiger partial charge on any atom is 0.269 e. The van der Waals surface area contributed by atoms with Gasteiger partial charge in [-0.3, -0.25) is 4.31 Å². The number of fused-ring (bicyclic) bond motifs is 1. The Balaban J connectivity index is 2.18. The molecule has 2 heterocycles. The van der Waals surface area contributed by atoms with Gasteiger partial charge in [0.2, 0.25) is 5.82 Å². The first-order valence-corrected chi connectivity index (χ1v) is 7.84. The zero-order chi connectivity index (χ0) is 16.1. The molecule has 0 fully saturated rings. The summed E-state index contributed by atoms with van der Waals surface area (Å²) in [5, 5.41) is 3.62. The molecule has 0 saturated heterocycles. The number of aromatic nitrogens is 1. The van der Waals surface area contributed by atoms with E-state index in [1.54, 1.807) is 0 Å². The van der Waals surface area contributed by atoms with Gasteiger partial charge in [-0.1, -0.05) is 5.16 Å². The van der Waals surface area contributed by atoms with Crippen LogP contribution in [0.1, 0.15) is 11.5 Å². The average Bonchev–Trinajstić information content (AvgIpc) is 2.82. The molecule has 0 aliphatic carbocycles. The van der Waals surface area contributed by atoms with Crippen molar-refractivity contribution in [2.45, 2.75) is 18.7 Å². The molecule has 3 rings (SSSR count). The Morgan fingerprint density at radius 3 is 2.64 bits per heavy atom. The fourth-order valence-corrected chi connectivity index (χ4v) is 4.16. The monoisotopic (exact) mass is 330 g/mol. The number of nitrogens with zero attached hydrogens (tertiary/aromatic N) is 2. The van der Waals surface area contributed by atoms with Crippen LogP contribution in [0.25, 0.3) is 0 Å². The molecular formula is C13H12F2N2O4S. The van der Waals surface area contributed by atoms with Gasteiger partial charge in [-0.15, -0.1) is 0 Å². The number of ether oxygens (including phenoxy) is 1. The summed E-state index contributed by atoms with van der Waals surface area (Å²) in [6.45, 7) is 2.86. The molecular weight excluding hydrogens is 318 g/mol. The van der Waals surface area contributed by atoms with Gasteiger partial charge in [-0.05, 0) is 26.0 Å². The molecule has 0 N–H and O–H groups in total. The van der Waals surface area contributed by atoms with Crippen LogP contribution in [0.5, 0.6) is 5.75 Å². The molecule has 0 spiro atoms. The first kappa shape index (κ1) is 14.8. The highest BCUT2D eigenvalue weighted by molar-refractivity contribution is 7.93. The summed E-state index contributed by atoms with van der Waals surface area (Å²) in [7, 11) is -4.02. The number of sulfonamides is 1. The summed E-state index contributed by atoms with van der Waals surface area (Å²) in [6, 6.07) is 2.03. The second kappa shape index (κ2) is 4.94.